The third kappa shape index (κ3) is 1.60. The Labute approximate surface area is 116 Å². The van der Waals surface area contributed by atoms with E-state index in [4.69, 9.17) is 5.26 Å². The number of carbonyl (C=O) groups excluding carboxylic acids is 2. The number of carbonyl (C=O) groups is 2. The summed E-state index contributed by atoms with van der Waals surface area (Å²) in [6.07, 6.45) is 0.135. The smallest absolute Gasteiger partial charge is 0.261 e. The number of benzene rings is 2. The molecule has 3 rings (SSSR count). The molecule has 0 aromatic heterocycles. The van der Waals surface area contributed by atoms with Crippen molar-refractivity contribution in [2.24, 2.45) is 0 Å². The van der Waals surface area contributed by atoms with Crippen molar-refractivity contribution < 1.29 is 9.59 Å². The van der Waals surface area contributed by atoms with Gasteiger partial charge in [-0.15, -0.1) is 0 Å². The Balaban J connectivity index is 2.24. The molecule has 2 amide bonds. The van der Waals surface area contributed by atoms with Crippen molar-refractivity contribution in [3.8, 4) is 6.07 Å². The highest BCUT2D eigenvalue weighted by molar-refractivity contribution is 6.25. The van der Waals surface area contributed by atoms with Crippen LogP contribution in [0.5, 0.6) is 0 Å². The van der Waals surface area contributed by atoms with Crippen molar-refractivity contribution in [1.82, 2.24) is 4.90 Å². The molecule has 0 saturated heterocycles. The van der Waals surface area contributed by atoms with Gasteiger partial charge in [-0.25, -0.2) is 0 Å². The predicted molar refractivity (Wildman–Crippen MR) is 74.1 cm³/mol. The van der Waals surface area contributed by atoms with Gasteiger partial charge in [-0.3, -0.25) is 14.5 Å². The maximum Gasteiger partial charge on any atom is 0.261 e. The first kappa shape index (κ1) is 12.4. The fourth-order valence-electron chi connectivity index (χ4n) is 2.67. The summed E-state index contributed by atoms with van der Waals surface area (Å²) in [5.41, 5.74) is 1.06. The van der Waals surface area contributed by atoms with Crippen LogP contribution in [0.4, 0.5) is 0 Å². The summed E-state index contributed by atoms with van der Waals surface area (Å²) in [5.74, 6) is -0.635. The molecule has 4 heteroatoms. The second kappa shape index (κ2) is 4.46. The Morgan fingerprint density at radius 1 is 1.10 bits per heavy atom. The summed E-state index contributed by atoms with van der Waals surface area (Å²) >= 11 is 0. The lowest BCUT2D eigenvalue weighted by molar-refractivity contribution is 0.0554. The van der Waals surface area contributed by atoms with Crippen LogP contribution in [0.2, 0.25) is 0 Å². The number of rotatable bonds is 2. The number of amides is 2. The number of hydrogen-bond donors (Lipinski definition) is 0. The molecule has 1 atom stereocenters. The van der Waals surface area contributed by atoms with Crippen molar-refractivity contribution in [2.45, 2.75) is 19.4 Å². The molecule has 0 radical (unpaired) electrons. The average Bonchev–Trinajstić information content (AvgIpc) is 2.45. The molecule has 20 heavy (non-hydrogen) atoms. The SMILES string of the molecule is CC(CC#N)N1C(=O)c2cccc3cccc(c23)C1=O. The Morgan fingerprint density at radius 2 is 1.65 bits per heavy atom. The van der Waals surface area contributed by atoms with Gasteiger partial charge < -0.3 is 0 Å². The first-order valence-corrected chi connectivity index (χ1v) is 6.41. The normalized spacial score (nSPS) is 15.3. The van der Waals surface area contributed by atoms with Gasteiger partial charge in [0.1, 0.15) is 0 Å². The molecule has 0 aliphatic carbocycles. The fourth-order valence-corrected chi connectivity index (χ4v) is 2.67. The Bertz CT molecular complexity index is 723. The summed E-state index contributed by atoms with van der Waals surface area (Å²) in [6.45, 7) is 1.72. The van der Waals surface area contributed by atoms with E-state index in [0.29, 0.717) is 16.5 Å². The minimum atomic E-state index is -0.427. The van der Waals surface area contributed by atoms with E-state index in [9.17, 15) is 9.59 Å². The molecular weight excluding hydrogens is 252 g/mol. The summed E-state index contributed by atoms with van der Waals surface area (Å²) in [4.78, 5) is 26.2. The maximum absolute atomic E-state index is 12.5. The molecular formula is C16H12N2O2. The maximum atomic E-state index is 12.5. The van der Waals surface area contributed by atoms with Crippen LogP contribution in [-0.4, -0.2) is 22.8 Å². The van der Waals surface area contributed by atoms with Crippen LogP contribution >= 0.6 is 0 Å². The van der Waals surface area contributed by atoms with Gasteiger partial charge in [0.05, 0.1) is 18.5 Å². The van der Waals surface area contributed by atoms with Gasteiger partial charge in [0.25, 0.3) is 11.8 Å². The van der Waals surface area contributed by atoms with Gasteiger partial charge in [0.15, 0.2) is 0 Å². The number of hydrogen-bond acceptors (Lipinski definition) is 3. The van der Waals surface area contributed by atoms with E-state index in [1.54, 1.807) is 19.1 Å². The quantitative estimate of drug-likeness (QED) is 0.783. The predicted octanol–water partition coefficient (Wildman–Crippen LogP) is 2.74. The molecule has 0 saturated carbocycles. The molecule has 0 N–H and O–H groups in total. The van der Waals surface area contributed by atoms with Crippen molar-refractivity contribution in [2.75, 3.05) is 0 Å². The van der Waals surface area contributed by atoms with E-state index in [-0.39, 0.29) is 18.2 Å². The second-order valence-electron chi connectivity index (χ2n) is 4.90. The van der Waals surface area contributed by atoms with E-state index in [1.807, 2.05) is 30.3 Å². The minimum Gasteiger partial charge on any atom is -0.270 e. The topological polar surface area (TPSA) is 61.2 Å². The molecule has 0 fully saturated rings. The molecule has 4 nitrogen and oxygen atoms in total. The standard InChI is InChI=1S/C16H12N2O2/c1-10(8-9-17)18-15(19)12-6-2-4-11-5-3-7-13(14(11)12)16(18)20/h2-7,10H,8H2,1H3. The molecule has 2 aromatic carbocycles. The van der Waals surface area contributed by atoms with E-state index < -0.39 is 6.04 Å². The molecule has 2 aromatic rings. The summed E-state index contributed by atoms with van der Waals surface area (Å²) < 4.78 is 0. The summed E-state index contributed by atoms with van der Waals surface area (Å²) in [6, 6.07) is 12.4. The van der Waals surface area contributed by atoms with Crippen molar-refractivity contribution in [1.29, 1.82) is 5.26 Å². The van der Waals surface area contributed by atoms with Crippen LogP contribution in [0, 0.1) is 11.3 Å². The van der Waals surface area contributed by atoms with Crippen LogP contribution in [0.3, 0.4) is 0 Å². The lowest BCUT2D eigenvalue weighted by Crippen LogP contribution is -2.45. The molecule has 0 spiro atoms. The van der Waals surface area contributed by atoms with Crippen LogP contribution in [-0.2, 0) is 0 Å². The van der Waals surface area contributed by atoms with Gasteiger partial charge in [0, 0.05) is 16.5 Å². The molecule has 1 unspecified atom stereocenters. The minimum absolute atomic E-state index is 0.135. The second-order valence-corrected chi connectivity index (χ2v) is 4.90. The Morgan fingerprint density at radius 3 is 2.15 bits per heavy atom. The van der Waals surface area contributed by atoms with Crippen LogP contribution < -0.4 is 0 Å². The van der Waals surface area contributed by atoms with Crippen LogP contribution in [0.1, 0.15) is 34.1 Å². The molecule has 0 bridgehead atoms. The van der Waals surface area contributed by atoms with E-state index in [1.165, 1.54) is 4.90 Å². The Hall–Kier alpha value is -2.67. The van der Waals surface area contributed by atoms with Gasteiger partial charge in [-0.1, -0.05) is 24.3 Å². The molecule has 1 aliphatic rings. The van der Waals surface area contributed by atoms with Gasteiger partial charge in [-0.2, -0.15) is 5.26 Å². The third-order valence-corrected chi connectivity index (χ3v) is 3.63. The number of imide groups is 1. The van der Waals surface area contributed by atoms with E-state index in [0.717, 1.165) is 5.39 Å². The largest absolute Gasteiger partial charge is 0.270 e. The first-order chi connectivity index (χ1) is 9.65. The highest BCUT2D eigenvalue weighted by atomic mass is 16.2. The van der Waals surface area contributed by atoms with Crippen molar-refractivity contribution in [3.05, 3.63) is 47.5 Å². The van der Waals surface area contributed by atoms with Crippen LogP contribution in [0.15, 0.2) is 36.4 Å². The lowest BCUT2D eigenvalue weighted by Gasteiger charge is -2.30. The summed E-state index contributed by atoms with van der Waals surface area (Å²) in [5, 5.41) is 10.4. The highest BCUT2D eigenvalue weighted by Gasteiger charge is 2.35. The van der Waals surface area contributed by atoms with Crippen molar-refractivity contribution in [3.63, 3.8) is 0 Å². The molecule has 1 aliphatic heterocycles. The zero-order valence-corrected chi connectivity index (χ0v) is 11.0. The van der Waals surface area contributed by atoms with E-state index in [2.05, 4.69) is 0 Å². The summed E-state index contributed by atoms with van der Waals surface area (Å²) in [7, 11) is 0. The zero-order chi connectivity index (χ0) is 14.3. The van der Waals surface area contributed by atoms with Gasteiger partial charge in [-0.05, 0) is 24.4 Å². The average molecular weight is 264 g/mol. The van der Waals surface area contributed by atoms with E-state index >= 15 is 0 Å². The van der Waals surface area contributed by atoms with Gasteiger partial charge >= 0.3 is 0 Å². The third-order valence-electron chi connectivity index (χ3n) is 3.63. The monoisotopic (exact) mass is 264 g/mol. The van der Waals surface area contributed by atoms with Gasteiger partial charge in [0.2, 0.25) is 0 Å². The number of nitrogens with zero attached hydrogens (tertiary/aromatic N) is 2. The first-order valence-electron chi connectivity index (χ1n) is 6.41. The fraction of sp³-hybridized carbons (Fsp3) is 0.188. The van der Waals surface area contributed by atoms with Crippen LogP contribution in [0.25, 0.3) is 10.8 Å². The lowest BCUT2D eigenvalue weighted by atomic mass is 9.93. The molecule has 1 heterocycles. The molecule has 98 valence electrons. The Kier molecular flexibility index (Phi) is 2.76. The van der Waals surface area contributed by atoms with Crippen molar-refractivity contribution >= 4 is 22.6 Å². The number of nitriles is 1. The zero-order valence-electron chi connectivity index (χ0n) is 11.0. The highest BCUT2D eigenvalue weighted by Crippen LogP contribution is 2.31.